The number of carboxylic acid groups (broad SMARTS) is 1. The molecule has 17 heavy (non-hydrogen) atoms. The van der Waals surface area contributed by atoms with Gasteiger partial charge in [-0.3, -0.25) is 0 Å². The maximum absolute atomic E-state index is 11.3. The fourth-order valence-electron chi connectivity index (χ4n) is 2.23. The maximum atomic E-state index is 11.3. The molecule has 1 N–H and O–H groups in total. The van der Waals surface area contributed by atoms with Gasteiger partial charge in [-0.1, -0.05) is 48.5 Å². The van der Waals surface area contributed by atoms with Crippen LogP contribution in [0.5, 0.6) is 0 Å². The van der Waals surface area contributed by atoms with Crippen molar-refractivity contribution in [3.8, 4) is 0 Å². The van der Waals surface area contributed by atoms with E-state index in [2.05, 4.69) is 0 Å². The van der Waals surface area contributed by atoms with Gasteiger partial charge in [0.25, 0.3) is 0 Å². The van der Waals surface area contributed by atoms with E-state index in [-0.39, 0.29) is 0 Å². The molecule has 82 valence electrons. The van der Waals surface area contributed by atoms with Gasteiger partial charge in [-0.15, -0.1) is 0 Å². The first-order valence-corrected chi connectivity index (χ1v) is 5.41. The van der Waals surface area contributed by atoms with Gasteiger partial charge in [0.15, 0.2) is 0 Å². The van der Waals surface area contributed by atoms with Crippen LogP contribution in [0, 0.1) is 0 Å². The summed E-state index contributed by atoms with van der Waals surface area (Å²) < 4.78 is 0. The topological polar surface area (TPSA) is 37.3 Å². The maximum Gasteiger partial charge on any atom is 0.336 e. The molecule has 3 aromatic carbocycles. The minimum atomic E-state index is -0.882. The van der Waals surface area contributed by atoms with Crippen molar-refractivity contribution in [3.05, 3.63) is 60.2 Å². The van der Waals surface area contributed by atoms with Gasteiger partial charge < -0.3 is 5.11 Å². The van der Waals surface area contributed by atoms with Crippen molar-refractivity contribution in [3.63, 3.8) is 0 Å². The van der Waals surface area contributed by atoms with E-state index in [1.807, 2.05) is 48.5 Å². The van der Waals surface area contributed by atoms with Crippen LogP contribution in [0.2, 0.25) is 0 Å². The number of hydrogen-bond acceptors (Lipinski definition) is 1. The van der Waals surface area contributed by atoms with Gasteiger partial charge in [0.2, 0.25) is 0 Å². The molecule has 3 rings (SSSR count). The monoisotopic (exact) mass is 222 g/mol. The van der Waals surface area contributed by atoms with Gasteiger partial charge in [0.05, 0.1) is 5.56 Å². The van der Waals surface area contributed by atoms with E-state index < -0.39 is 5.97 Å². The van der Waals surface area contributed by atoms with E-state index in [1.54, 1.807) is 6.07 Å². The first kappa shape index (κ1) is 9.85. The van der Waals surface area contributed by atoms with Crippen LogP contribution in [0.1, 0.15) is 10.4 Å². The van der Waals surface area contributed by atoms with Crippen LogP contribution in [0.25, 0.3) is 21.5 Å². The summed E-state index contributed by atoms with van der Waals surface area (Å²) >= 11 is 0. The Morgan fingerprint density at radius 2 is 1.41 bits per heavy atom. The quantitative estimate of drug-likeness (QED) is 0.637. The van der Waals surface area contributed by atoms with Crippen LogP contribution in [-0.2, 0) is 0 Å². The summed E-state index contributed by atoms with van der Waals surface area (Å²) in [6, 6.07) is 17.2. The summed E-state index contributed by atoms with van der Waals surface area (Å²) in [6.07, 6.45) is 0. The fourth-order valence-corrected chi connectivity index (χ4v) is 2.23. The highest BCUT2D eigenvalue weighted by atomic mass is 16.4. The molecular formula is C15H10O2. The summed E-state index contributed by atoms with van der Waals surface area (Å²) in [6.45, 7) is 0. The normalized spacial score (nSPS) is 10.8. The van der Waals surface area contributed by atoms with Gasteiger partial charge >= 0.3 is 5.97 Å². The third kappa shape index (κ3) is 1.46. The number of carboxylic acids is 1. The minimum Gasteiger partial charge on any atom is -0.478 e. The Bertz CT molecular complexity index is 729. The van der Waals surface area contributed by atoms with Crippen molar-refractivity contribution < 1.29 is 9.90 Å². The van der Waals surface area contributed by atoms with Gasteiger partial charge in [-0.05, 0) is 27.6 Å². The predicted molar refractivity (Wildman–Crippen MR) is 68.4 cm³/mol. The highest BCUT2D eigenvalue weighted by molar-refractivity contribution is 6.15. The number of carbonyl (C=O) groups is 1. The Labute approximate surface area is 98.1 Å². The Hall–Kier alpha value is -2.35. The third-order valence-electron chi connectivity index (χ3n) is 3.00. The van der Waals surface area contributed by atoms with Crippen LogP contribution in [0.3, 0.4) is 0 Å². The zero-order chi connectivity index (χ0) is 11.8. The molecule has 0 aliphatic heterocycles. The van der Waals surface area contributed by atoms with Crippen molar-refractivity contribution in [2.75, 3.05) is 0 Å². The first-order chi connectivity index (χ1) is 8.27. The second kappa shape index (κ2) is 3.59. The summed E-state index contributed by atoms with van der Waals surface area (Å²) in [7, 11) is 0. The van der Waals surface area contributed by atoms with E-state index >= 15 is 0 Å². The summed E-state index contributed by atoms with van der Waals surface area (Å²) in [5.74, 6) is -0.882. The highest BCUT2D eigenvalue weighted by Crippen LogP contribution is 2.28. The Morgan fingerprint density at radius 3 is 2.12 bits per heavy atom. The zero-order valence-corrected chi connectivity index (χ0v) is 9.05. The van der Waals surface area contributed by atoms with Crippen LogP contribution >= 0.6 is 0 Å². The molecule has 0 fully saturated rings. The van der Waals surface area contributed by atoms with Crippen molar-refractivity contribution in [1.29, 1.82) is 0 Å². The van der Waals surface area contributed by atoms with E-state index in [0.717, 1.165) is 21.5 Å². The number of benzene rings is 3. The Balaban J connectivity index is 2.59. The molecule has 0 amide bonds. The summed E-state index contributed by atoms with van der Waals surface area (Å²) in [5.41, 5.74) is 0.360. The van der Waals surface area contributed by atoms with Crippen molar-refractivity contribution in [2.24, 2.45) is 0 Å². The van der Waals surface area contributed by atoms with E-state index in [9.17, 15) is 9.90 Å². The van der Waals surface area contributed by atoms with Gasteiger partial charge in [-0.25, -0.2) is 4.79 Å². The SMILES string of the molecule is O=C(O)c1cc2ccccc2c2ccccc12. The van der Waals surface area contributed by atoms with Gasteiger partial charge in [-0.2, -0.15) is 0 Å². The van der Waals surface area contributed by atoms with Crippen molar-refractivity contribution in [2.45, 2.75) is 0 Å². The Kier molecular flexibility index (Phi) is 2.08. The summed E-state index contributed by atoms with van der Waals surface area (Å²) in [4.78, 5) is 11.3. The predicted octanol–water partition coefficient (Wildman–Crippen LogP) is 3.69. The lowest BCUT2D eigenvalue weighted by Gasteiger charge is -2.07. The molecule has 0 atom stereocenters. The molecule has 0 aliphatic rings. The molecule has 0 spiro atoms. The lowest BCUT2D eigenvalue weighted by atomic mass is 9.97. The molecule has 0 radical (unpaired) electrons. The van der Waals surface area contributed by atoms with Crippen LogP contribution < -0.4 is 0 Å². The van der Waals surface area contributed by atoms with E-state index in [1.165, 1.54) is 0 Å². The van der Waals surface area contributed by atoms with Crippen LogP contribution in [0.15, 0.2) is 54.6 Å². The third-order valence-corrected chi connectivity index (χ3v) is 3.00. The number of fused-ring (bicyclic) bond motifs is 3. The second-order valence-corrected chi connectivity index (χ2v) is 4.00. The number of rotatable bonds is 1. The molecular weight excluding hydrogens is 212 g/mol. The standard InChI is InChI=1S/C15H10O2/c16-15(17)14-9-10-5-1-2-6-11(10)12-7-3-4-8-13(12)14/h1-9H,(H,16,17). The average Bonchev–Trinajstić information content (AvgIpc) is 2.37. The van der Waals surface area contributed by atoms with Gasteiger partial charge in [0.1, 0.15) is 0 Å². The molecule has 0 saturated heterocycles. The van der Waals surface area contributed by atoms with Crippen molar-refractivity contribution in [1.82, 2.24) is 0 Å². The van der Waals surface area contributed by atoms with E-state index in [0.29, 0.717) is 5.56 Å². The second-order valence-electron chi connectivity index (χ2n) is 4.00. The van der Waals surface area contributed by atoms with Gasteiger partial charge in [0, 0.05) is 0 Å². The fraction of sp³-hybridized carbons (Fsp3) is 0. The highest BCUT2D eigenvalue weighted by Gasteiger charge is 2.10. The lowest BCUT2D eigenvalue weighted by molar-refractivity contribution is 0.0699. The molecule has 0 aromatic heterocycles. The molecule has 0 saturated carbocycles. The minimum absolute atomic E-state index is 0.360. The zero-order valence-electron chi connectivity index (χ0n) is 9.05. The lowest BCUT2D eigenvalue weighted by Crippen LogP contribution is -1.97. The molecule has 0 bridgehead atoms. The van der Waals surface area contributed by atoms with Crippen LogP contribution in [-0.4, -0.2) is 11.1 Å². The largest absolute Gasteiger partial charge is 0.478 e. The molecule has 0 aliphatic carbocycles. The van der Waals surface area contributed by atoms with Crippen molar-refractivity contribution >= 4 is 27.5 Å². The molecule has 0 unspecified atom stereocenters. The van der Waals surface area contributed by atoms with Crippen LogP contribution in [0.4, 0.5) is 0 Å². The average molecular weight is 222 g/mol. The molecule has 2 nitrogen and oxygen atoms in total. The van der Waals surface area contributed by atoms with E-state index in [4.69, 9.17) is 0 Å². The first-order valence-electron chi connectivity index (χ1n) is 5.41. The molecule has 0 heterocycles. The number of hydrogen-bond donors (Lipinski definition) is 1. The molecule has 3 aromatic rings. The Morgan fingerprint density at radius 1 is 0.824 bits per heavy atom. The number of aromatic carboxylic acids is 1. The molecule has 2 heteroatoms. The smallest absolute Gasteiger partial charge is 0.336 e. The summed E-state index contributed by atoms with van der Waals surface area (Å²) in [5, 5.41) is 13.1.